The molecule has 2 aliphatic rings. The third-order valence-corrected chi connectivity index (χ3v) is 5.71. The highest BCUT2D eigenvalue weighted by molar-refractivity contribution is 5.28. The summed E-state index contributed by atoms with van der Waals surface area (Å²) < 4.78 is 0. The van der Waals surface area contributed by atoms with Gasteiger partial charge in [0.1, 0.15) is 0 Å². The van der Waals surface area contributed by atoms with E-state index in [1.54, 1.807) is 0 Å². The van der Waals surface area contributed by atoms with Crippen molar-refractivity contribution in [3.8, 4) is 0 Å². The van der Waals surface area contributed by atoms with Gasteiger partial charge in [-0.25, -0.2) is 0 Å². The highest BCUT2D eigenvalue weighted by atomic mass is 15.2. The number of rotatable bonds is 3. The Labute approximate surface area is 135 Å². The van der Waals surface area contributed by atoms with Crippen molar-refractivity contribution >= 4 is 0 Å². The monoisotopic (exact) mass is 301 g/mol. The molecular formula is C19H31N3. The van der Waals surface area contributed by atoms with Crippen LogP contribution in [0.5, 0.6) is 0 Å². The molecule has 3 nitrogen and oxygen atoms in total. The molecular weight excluding hydrogens is 270 g/mol. The first-order valence-corrected chi connectivity index (χ1v) is 8.86. The van der Waals surface area contributed by atoms with Gasteiger partial charge in [-0.05, 0) is 82.4 Å². The van der Waals surface area contributed by atoms with Gasteiger partial charge in [-0.1, -0.05) is 24.3 Å². The van der Waals surface area contributed by atoms with Crippen molar-refractivity contribution in [2.75, 3.05) is 40.3 Å². The lowest BCUT2D eigenvalue weighted by atomic mass is 9.90. The summed E-state index contributed by atoms with van der Waals surface area (Å²) in [5.41, 5.74) is 8.86. The fourth-order valence-electron chi connectivity index (χ4n) is 4.23. The predicted molar refractivity (Wildman–Crippen MR) is 93.1 cm³/mol. The Morgan fingerprint density at radius 1 is 1.05 bits per heavy atom. The first-order chi connectivity index (χ1) is 10.7. The minimum Gasteiger partial charge on any atom is -0.330 e. The summed E-state index contributed by atoms with van der Waals surface area (Å²) in [6.45, 7) is 4.43. The first-order valence-electron chi connectivity index (χ1n) is 8.86. The molecule has 2 aliphatic heterocycles. The molecule has 3 unspecified atom stereocenters. The zero-order valence-corrected chi connectivity index (χ0v) is 14.2. The minimum atomic E-state index is 0.558. The molecule has 1 aromatic rings. The zero-order chi connectivity index (χ0) is 15.5. The Bertz CT molecular complexity index is 470. The normalized spacial score (nSPS) is 31.3. The molecule has 2 heterocycles. The smallest absolute Gasteiger partial charge is 0.0348 e. The second-order valence-electron chi connectivity index (χ2n) is 7.39. The molecule has 122 valence electrons. The van der Waals surface area contributed by atoms with Crippen LogP contribution in [0.3, 0.4) is 0 Å². The van der Waals surface area contributed by atoms with Crippen LogP contribution in [0, 0.1) is 5.92 Å². The van der Waals surface area contributed by atoms with Gasteiger partial charge in [0.15, 0.2) is 0 Å². The molecule has 0 amide bonds. The highest BCUT2D eigenvalue weighted by Crippen LogP contribution is 2.35. The third kappa shape index (κ3) is 3.53. The Hall–Kier alpha value is -0.900. The fraction of sp³-hybridized carbons (Fsp3) is 0.684. The molecule has 0 saturated carbocycles. The lowest BCUT2D eigenvalue weighted by Gasteiger charge is -2.21. The summed E-state index contributed by atoms with van der Waals surface area (Å²) in [6, 6.07) is 10.1. The number of likely N-dealkylation sites (tertiary alicyclic amines) is 2. The highest BCUT2D eigenvalue weighted by Gasteiger charge is 2.29. The molecule has 0 spiro atoms. The van der Waals surface area contributed by atoms with Gasteiger partial charge < -0.3 is 10.6 Å². The second-order valence-corrected chi connectivity index (χ2v) is 7.39. The van der Waals surface area contributed by atoms with Gasteiger partial charge in [0.2, 0.25) is 0 Å². The third-order valence-electron chi connectivity index (χ3n) is 5.71. The molecule has 22 heavy (non-hydrogen) atoms. The van der Waals surface area contributed by atoms with Crippen LogP contribution in [0.15, 0.2) is 24.3 Å². The van der Waals surface area contributed by atoms with Crippen molar-refractivity contribution in [3.63, 3.8) is 0 Å². The van der Waals surface area contributed by atoms with Crippen molar-refractivity contribution in [3.05, 3.63) is 35.4 Å². The Balaban J connectivity index is 1.67. The number of hydrogen-bond donors (Lipinski definition) is 1. The minimum absolute atomic E-state index is 0.558. The quantitative estimate of drug-likeness (QED) is 0.932. The van der Waals surface area contributed by atoms with E-state index in [4.69, 9.17) is 5.73 Å². The van der Waals surface area contributed by atoms with Crippen molar-refractivity contribution in [1.82, 2.24) is 9.80 Å². The maximum absolute atomic E-state index is 5.85. The predicted octanol–water partition coefficient (Wildman–Crippen LogP) is 2.84. The summed E-state index contributed by atoms with van der Waals surface area (Å²) in [5, 5.41) is 0. The largest absolute Gasteiger partial charge is 0.330 e. The molecule has 3 atom stereocenters. The van der Waals surface area contributed by atoms with Crippen LogP contribution in [-0.2, 0) is 0 Å². The fourth-order valence-corrected chi connectivity index (χ4v) is 4.23. The van der Waals surface area contributed by atoms with Crippen LogP contribution in [-0.4, -0.2) is 50.1 Å². The Morgan fingerprint density at radius 3 is 2.45 bits per heavy atom. The van der Waals surface area contributed by atoms with Crippen LogP contribution >= 0.6 is 0 Å². The summed E-state index contributed by atoms with van der Waals surface area (Å²) in [4.78, 5) is 4.93. The molecule has 0 aromatic heterocycles. The number of nitrogens with two attached hydrogens (primary N) is 1. The summed E-state index contributed by atoms with van der Waals surface area (Å²) >= 11 is 0. The molecule has 3 rings (SSSR count). The van der Waals surface area contributed by atoms with E-state index >= 15 is 0 Å². The van der Waals surface area contributed by atoms with E-state index in [0.29, 0.717) is 12.0 Å². The average molecular weight is 301 g/mol. The second kappa shape index (κ2) is 7.12. The molecule has 1 aromatic carbocycles. The van der Waals surface area contributed by atoms with Gasteiger partial charge >= 0.3 is 0 Å². The van der Waals surface area contributed by atoms with E-state index in [0.717, 1.165) is 19.0 Å². The molecule has 0 bridgehead atoms. The van der Waals surface area contributed by atoms with E-state index < -0.39 is 0 Å². The SMILES string of the molecule is CN1CCCC(c2ccc(C3CC(CN)CN3C)cc2)CC1. The summed E-state index contributed by atoms with van der Waals surface area (Å²) in [7, 11) is 4.48. The maximum Gasteiger partial charge on any atom is 0.0348 e. The van der Waals surface area contributed by atoms with E-state index in [2.05, 4.69) is 48.2 Å². The van der Waals surface area contributed by atoms with Crippen molar-refractivity contribution in [2.45, 2.75) is 37.6 Å². The van der Waals surface area contributed by atoms with Crippen molar-refractivity contribution in [1.29, 1.82) is 0 Å². The van der Waals surface area contributed by atoms with Gasteiger partial charge in [-0.3, -0.25) is 4.90 Å². The van der Waals surface area contributed by atoms with Gasteiger partial charge in [0.25, 0.3) is 0 Å². The van der Waals surface area contributed by atoms with Crippen LogP contribution in [0.4, 0.5) is 0 Å². The van der Waals surface area contributed by atoms with Gasteiger partial charge in [-0.15, -0.1) is 0 Å². The van der Waals surface area contributed by atoms with Crippen molar-refractivity contribution in [2.24, 2.45) is 11.7 Å². The summed E-state index contributed by atoms with van der Waals surface area (Å²) in [5.74, 6) is 1.41. The van der Waals surface area contributed by atoms with E-state index in [-0.39, 0.29) is 0 Å². The van der Waals surface area contributed by atoms with Gasteiger partial charge in [0, 0.05) is 12.6 Å². The van der Waals surface area contributed by atoms with Crippen LogP contribution < -0.4 is 5.73 Å². The molecule has 0 radical (unpaired) electrons. The lowest BCUT2D eigenvalue weighted by Crippen LogP contribution is -2.20. The van der Waals surface area contributed by atoms with Gasteiger partial charge in [0.05, 0.1) is 0 Å². The Morgan fingerprint density at radius 2 is 1.77 bits per heavy atom. The molecule has 0 aliphatic carbocycles. The number of nitrogens with zero attached hydrogens (tertiary/aromatic N) is 2. The first kappa shape index (κ1) is 16.0. The lowest BCUT2D eigenvalue weighted by molar-refractivity contribution is 0.313. The molecule has 2 fully saturated rings. The van der Waals surface area contributed by atoms with Crippen LogP contribution in [0.1, 0.15) is 48.8 Å². The number of benzene rings is 1. The maximum atomic E-state index is 5.85. The van der Waals surface area contributed by atoms with E-state index in [1.807, 2.05) is 0 Å². The topological polar surface area (TPSA) is 32.5 Å². The molecule has 3 heteroatoms. The Kier molecular flexibility index (Phi) is 5.17. The average Bonchev–Trinajstić information content (AvgIpc) is 2.78. The zero-order valence-electron chi connectivity index (χ0n) is 14.2. The van der Waals surface area contributed by atoms with Crippen LogP contribution in [0.2, 0.25) is 0 Å². The summed E-state index contributed by atoms with van der Waals surface area (Å²) in [6.07, 6.45) is 5.17. The van der Waals surface area contributed by atoms with Crippen molar-refractivity contribution < 1.29 is 0 Å². The molecule has 2 saturated heterocycles. The van der Waals surface area contributed by atoms with E-state index in [9.17, 15) is 0 Å². The molecule has 2 N–H and O–H groups in total. The van der Waals surface area contributed by atoms with Crippen LogP contribution in [0.25, 0.3) is 0 Å². The van der Waals surface area contributed by atoms with Gasteiger partial charge in [-0.2, -0.15) is 0 Å². The number of hydrogen-bond acceptors (Lipinski definition) is 3. The standard InChI is InChI=1S/C19H31N3/c1-21-10-3-4-16(9-11-21)17-5-7-18(8-6-17)19-12-15(13-20)14-22(19)2/h5-8,15-16,19H,3-4,9-14,20H2,1-2H3. The van der Waals surface area contributed by atoms with E-state index in [1.165, 1.54) is 49.9 Å².